The molecule has 0 aromatic heterocycles. The van der Waals surface area contributed by atoms with Crippen molar-refractivity contribution in [2.45, 2.75) is 87.0 Å². The van der Waals surface area contributed by atoms with Crippen LogP contribution in [0.25, 0.3) is 0 Å². The first-order valence-electron chi connectivity index (χ1n) is 13.0. The van der Waals surface area contributed by atoms with Gasteiger partial charge in [-0.2, -0.15) is 0 Å². The summed E-state index contributed by atoms with van der Waals surface area (Å²) in [6.45, 7) is 16.0. The molecule has 0 aromatic rings. The van der Waals surface area contributed by atoms with Crippen molar-refractivity contribution in [3.63, 3.8) is 0 Å². The molecule has 0 heterocycles. The fourth-order valence-corrected chi connectivity index (χ4v) is 9.46. The Morgan fingerprint density at radius 3 is 2.29 bits per heavy atom. The van der Waals surface area contributed by atoms with Crippen LogP contribution < -0.4 is 0 Å². The predicted molar refractivity (Wildman–Crippen MR) is 133 cm³/mol. The predicted octanol–water partition coefficient (Wildman–Crippen LogP) is 6.94. The molecule has 0 aromatic carbocycles. The number of allylic oxidation sites excluding steroid dienone is 7. The van der Waals surface area contributed by atoms with Gasteiger partial charge in [0.1, 0.15) is 0 Å². The van der Waals surface area contributed by atoms with Crippen molar-refractivity contribution in [3.05, 3.63) is 46.3 Å². The minimum absolute atomic E-state index is 0.00795. The van der Waals surface area contributed by atoms with E-state index in [1.54, 1.807) is 6.08 Å². The van der Waals surface area contributed by atoms with Crippen molar-refractivity contribution in [2.75, 3.05) is 0 Å². The molecule has 0 saturated heterocycles. The molecule has 2 unspecified atom stereocenters. The molecule has 4 heteroatoms. The first kappa shape index (κ1) is 23.6. The Morgan fingerprint density at radius 1 is 0.971 bits per heavy atom. The fourth-order valence-electron chi connectivity index (χ4n) is 9.46. The lowest BCUT2D eigenvalue weighted by atomic mass is 9.30. The van der Waals surface area contributed by atoms with Crippen LogP contribution >= 0.6 is 0 Å². The van der Waals surface area contributed by atoms with Crippen LogP contribution in [0.2, 0.25) is 0 Å². The Hall–Kier alpha value is -2.10. The highest BCUT2D eigenvalue weighted by Gasteiger charge is 2.71. The van der Waals surface area contributed by atoms with Crippen molar-refractivity contribution in [1.29, 1.82) is 0 Å². The van der Waals surface area contributed by atoms with Gasteiger partial charge in [0.15, 0.2) is 5.76 Å². The molecular weight excluding hydrogens is 424 g/mol. The average Bonchev–Trinajstić information content (AvgIpc) is 2.76. The van der Waals surface area contributed by atoms with Crippen LogP contribution in [0.15, 0.2) is 46.3 Å². The number of carbonyl (C=O) groups is 2. The van der Waals surface area contributed by atoms with E-state index in [9.17, 15) is 19.8 Å². The number of aliphatic carboxylic acids is 1. The molecule has 0 bridgehead atoms. The van der Waals surface area contributed by atoms with Crippen molar-refractivity contribution >= 4 is 11.8 Å². The van der Waals surface area contributed by atoms with E-state index in [0.29, 0.717) is 5.57 Å². The second-order valence-electron chi connectivity index (χ2n) is 13.3. The lowest BCUT2D eigenvalue weighted by molar-refractivity contribution is -0.223. The molecule has 2 N–H and O–H groups in total. The van der Waals surface area contributed by atoms with E-state index in [0.717, 1.165) is 49.7 Å². The molecule has 5 aliphatic rings. The van der Waals surface area contributed by atoms with Gasteiger partial charge in [-0.1, -0.05) is 59.3 Å². The van der Waals surface area contributed by atoms with E-state index in [2.05, 4.69) is 53.7 Å². The maximum absolute atomic E-state index is 12.6. The number of carboxylic acids is 1. The van der Waals surface area contributed by atoms with Crippen LogP contribution in [-0.2, 0) is 9.59 Å². The molecule has 184 valence electrons. The molecule has 5 rings (SSSR count). The highest BCUT2D eigenvalue weighted by Crippen LogP contribution is 2.79. The van der Waals surface area contributed by atoms with Gasteiger partial charge in [0.2, 0.25) is 5.78 Å². The van der Waals surface area contributed by atoms with Crippen LogP contribution in [0.3, 0.4) is 0 Å². The zero-order chi connectivity index (χ0) is 25.1. The van der Waals surface area contributed by atoms with Gasteiger partial charge in [0, 0.05) is 11.0 Å². The molecular formula is C30H40O4. The second-order valence-corrected chi connectivity index (χ2v) is 13.3. The monoisotopic (exact) mass is 464 g/mol. The molecule has 3 saturated carbocycles. The quantitative estimate of drug-likeness (QED) is 0.440. The summed E-state index contributed by atoms with van der Waals surface area (Å²) >= 11 is 0. The number of hydrogen-bond donors (Lipinski definition) is 2. The third-order valence-corrected chi connectivity index (χ3v) is 12.2. The first-order valence-corrected chi connectivity index (χ1v) is 13.0. The standard InChI is InChI=1S/C30H40O4/c1-17-15-30(7)26(3,16-20(17)25(33)34)10-12-28(5)23-9-8-19-18(2)24(32)22(31)14-21(19)27(23,4)11-13-29(28,30)6/h8-9,14,17,20,32H,10-13,15-16H2,1-7H3,(H,33,34)/t17-,20?,26+,27+,28-,29-,30?/m1/s1. The van der Waals surface area contributed by atoms with Crippen molar-refractivity contribution in [3.8, 4) is 0 Å². The van der Waals surface area contributed by atoms with Crippen LogP contribution in [-0.4, -0.2) is 22.0 Å². The molecule has 34 heavy (non-hydrogen) atoms. The van der Waals surface area contributed by atoms with Crippen LogP contribution in [0.4, 0.5) is 0 Å². The van der Waals surface area contributed by atoms with Gasteiger partial charge in [0.25, 0.3) is 0 Å². The smallest absolute Gasteiger partial charge is 0.306 e. The number of ketones is 1. The maximum atomic E-state index is 12.6. The van der Waals surface area contributed by atoms with E-state index in [-0.39, 0.29) is 50.5 Å². The van der Waals surface area contributed by atoms with Crippen LogP contribution in [0.1, 0.15) is 87.0 Å². The van der Waals surface area contributed by atoms with Gasteiger partial charge in [-0.25, -0.2) is 0 Å². The van der Waals surface area contributed by atoms with Gasteiger partial charge in [0.05, 0.1) is 5.92 Å². The number of fused-ring (bicyclic) bond motifs is 7. The zero-order valence-corrected chi connectivity index (χ0v) is 21.8. The fraction of sp³-hybridized carbons (Fsp3) is 0.667. The topological polar surface area (TPSA) is 74.6 Å². The normalized spacial score (nSPS) is 48.0. The average molecular weight is 465 g/mol. The zero-order valence-electron chi connectivity index (χ0n) is 21.8. The van der Waals surface area contributed by atoms with Gasteiger partial charge in [-0.05, 0) is 90.2 Å². The van der Waals surface area contributed by atoms with E-state index < -0.39 is 5.97 Å². The van der Waals surface area contributed by atoms with Crippen molar-refractivity contribution in [2.24, 2.45) is 38.9 Å². The van der Waals surface area contributed by atoms with Gasteiger partial charge in [-0.15, -0.1) is 0 Å². The van der Waals surface area contributed by atoms with Crippen LogP contribution in [0.5, 0.6) is 0 Å². The minimum atomic E-state index is -0.640. The van der Waals surface area contributed by atoms with Crippen LogP contribution in [0, 0.1) is 38.9 Å². The summed E-state index contributed by atoms with van der Waals surface area (Å²) in [5.41, 5.74) is 3.92. The van der Waals surface area contributed by atoms with E-state index >= 15 is 0 Å². The number of aliphatic hydroxyl groups excluding tert-OH is 1. The molecule has 4 nitrogen and oxygen atoms in total. The second kappa shape index (κ2) is 6.77. The Labute approximate surface area is 203 Å². The number of carboxylic acid groups (broad SMARTS) is 1. The summed E-state index contributed by atoms with van der Waals surface area (Å²) in [5, 5.41) is 20.2. The number of hydrogen-bond acceptors (Lipinski definition) is 3. The Kier molecular flexibility index (Phi) is 4.70. The molecule has 7 atom stereocenters. The van der Waals surface area contributed by atoms with E-state index in [4.69, 9.17) is 0 Å². The molecule has 0 spiro atoms. The summed E-state index contributed by atoms with van der Waals surface area (Å²) in [4.78, 5) is 24.7. The van der Waals surface area contributed by atoms with Crippen molar-refractivity contribution in [1.82, 2.24) is 0 Å². The Bertz CT molecular complexity index is 1140. The minimum Gasteiger partial charge on any atom is -0.504 e. The highest BCUT2D eigenvalue weighted by atomic mass is 16.4. The van der Waals surface area contributed by atoms with Gasteiger partial charge < -0.3 is 10.2 Å². The highest BCUT2D eigenvalue weighted by molar-refractivity contribution is 6.06. The molecule has 0 aliphatic heterocycles. The molecule has 0 radical (unpaired) electrons. The largest absolute Gasteiger partial charge is 0.504 e. The summed E-state index contributed by atoms with van der Waals surface area (Å²) in [7, 11) is 0. The summed E-state index contributed by atoms with van der Waals surface area (Å²) in [6.07, 6.45) is 11.9. The lowest BCUT2D eigenvalue weighted by Crippen LogP contribution is -2.67. The van der Waals surface area contributed by atoms with E-state index in [1.807, 2.05) is 6.92 Å². The summed E-state index contributed by atoms with van der Waals surface area (Å²) < 4.78 is 0. The number of rotatable bonds is 1. The Morgan fingerprint density at radius 2 is 1.65 bits per heavy atom. The summed E-state index contributed by atoms with van der Waals surface area (Å²) in [5.74, 6) is -1.16. The van der Waals surface area contributed by atoms with Crippen molar-refractivity contribution < 1.29 is 19.8 Å². The maximum Gasteiger partial charge on any atom is 0.306 e. The van der Waals surface area contributed by atoms with Gasteiger partial charge >= 0.3 is 5.97 Å². The van der Waals surface area contributed by atoms with E-state index in [1.165, 1.54) is 5.57 Å². The molecule has 0 amide bonds. The number of carbonyl (C=O) groups excluding carboxylic acids is 1. The third kappa shape index (κ3) is 2.50. The Balaban J connectivity index is 1.65. The third-order valence-electron chi connectivity index (χ3n) is 12.2. The molecule has 3 fully saturated rings. The van der Waals surface area contributed by atoms with Gasteiger partial charge in [-0.3, -0.25) is 9.59 Å². The number of aliphatic hydroxyl groups is 1. The lowest BCUT2D eigenvalue weighted by Gasteiger charge is -2.74. The molecule has 5 aliphatic carbocycles. The summed E-state index contributed by atoms with van der Waals surface area (Å²) in [6, 6.07) is 0. The SMILES string of the molecule is CC1=C(O)C(=O)C=C2C1=CC=C1[C@@]2(C)CC[C@@]2(C)C3(C)C[C@@H](C)C(C(=O)O)C[C@]3(C)CC[C@]12C. The first-order chi connectivity index (χ1) is 15.7.